The molecule has 0 radical (unpaired) electrons. The Kier molecular flexibility index (Phi) is 3.46. The van der Waals surface area contributed by atoms with E-state index in [2.05, 4.69) is 0 Å². The molecule has 0 saturated heterocycles. The van der Waals surface area contributed by atoms with Gasteiger partial charge >= 0.3 is 6.09 Å². The Morgan fingerprint density at radius 2 is 2.40 bits per heavy atom. The molecule has 1 amide bonds. The number of nitrogens with one attached hydrogen (secondary N) is 1. The first-order valence-corrected chi connectivity index (χ1v) is 3.09. The third-order valence-corrected chi connectivity index (χ3v) is 1.41. The van der Waals surface area contributed by atoms with E-state index in [1.54, 1.807) is 0 Å². The molecule has 0 aromatic carbocycles. The van der Waals surface area contributed by atoms with Crippen LogP contribution in [-0.4, -0.2) is 35.4 Å². The van der Waals surface area contributed by atoms with E-state index in [9.17, 15) is 4.79 Å². The van der Waals surface area contributed by atoms with Gasteiger partial charge in [-0.25, -0.2) is 4.79 Å². The molecule has 2 N–H and O–H groups in total. The van der Waals surface area contributed by atoms with E-state index in [1.807, 2.05) is 6.92 Å². The quantitative estimate of drug-likeness (QED) is 0.581. The molecule has 0 fully saturated rings. The molecule has 4 nitrogen and oxygen atoms in total. The number of hydrogen-bond acceptors (Lipinski definition) is 2. The molecule has 0 unspecified atom stereocenters. The number of carbonyl (C=O) groups is 1. The summed E-state index contributed by atoms with van der Waals surface area (Å²) in [6.45, 7) is 1.84. The van der Waals surface area contributed by atoms with Crippen molar-refractivity contribution in [3.05, 3.63) is 0 Å². The smallest absolute Gasteiger partial charge is 0.407 e. The number of carboxylic acid groups (broad SMARTS) is 1. The van der Waals surface area contributed by atoms with E-state index >= 15 is 0 Å². The predicted octanol–water partition coefficient (Wildman–Crippen LogP) is 1.02. The third-order valence-electron chi connectivity index (χ3n) is 1.41. The summed E-state index contributed by atoms with van der Waals surface area (Å²) >= 11 is 0. The Morgan fingerprint density at radius 3 is 2.50 bits per heavy atom. The van der Waals surface area contributed by atoms with Gasteiger partial charge in [-0.3, -0.25) is 0 Å². The first kappa shape index (κ1) is 8.94. The van der Waals surface area contributed by atoms with Crippen LogP contribution in [0.25, 0.3) is 0 Å². The van der Waals surface area contributed by atoms with Crippen molar-refractivity contribution in [3.8, 4) is 0 Å². The summed E-state index contributed by atoms with van der Waals surface area (Å²) in [4.78, 5) is 11.4. The average Bonchev–Trinajstić information content (AvgIpc) is 1.90. The highest BCUT2D eigenvalue weighted by Crippen LogP contribution is 1.97. The zero-order chi connectivity index (χ0) is 8.15. The molecule has 0 heterocycles. The second kappa shape index (κ2) is 3.87. The first-order chi connectivity index (χ1) is 4.63. The van der Waals surface area contributed by atoms with Crippen LogP contribution in [0.3, 0.4) is 0 Å². The maximum atomic E-state index is 10.3. The van der Waals surface area contributed by atoms with E-state index in [0.29, 0.717) is 6.42 Å². The first-order valence-electron chi connectivity index (χ1n) is 3.09. The highest BCUT2D eigenvalue weighted by Gasteiger charge is 2.13. The van der Waals surface area contributed by atoms with Crippen LogP contribution in [0.2, 0.25) is 0 Å². The van der Waals surface area contributed by atoms with E-state index in [4.69, 9.17) is 10.5 Å². The average molecular weight is 144 g/mol. The Bertz CT molecular complexity index is 136. The van der Waals surface area contributed by atoms with Gasteiger partial charge in [0, 0.05) is 13.3 Å². The maximum absolute atomic E-state index is 10.3. The predicted molar refractivity (Wildman–Crippen MR) is 38.7 cm³/mol. The normalized spacial score (nSPS) is 12.2. The molecule has 0 aliphatic rings. The minimum Gasteiger partial charge on any atom is -0.465 e. The molecule has 0 rings (SSSR count). The van der Waals surface area contributed by atoms with Crippen LogP contribution in [0.1, 0.15) is 13.3 Å². The summed E-state index contributed by atoms with van der Waals surface area (Å²) in [6, 6.07) is -0.280. The fourth-order valence-electron chi connectivity index (χ4n) is 0.645. The summed E-state index contributed by atoms with van der Waals surface area (Å²) in [5, 5.41) is 15.3. The SMILES string of the molecule is CC[C@@H](C=N)N(C)C(=O)O. The van der Waals surface area contributed by atoms with E-state index < -0.39 is 6.09 Å². The summed E-state index contributed by atoms with van der Waals surface area (Å²) in [5.74, 6) is 0. The number of rotatable bonds is 3. The monoisotopic (exact) mass is 144 g/mol. The van der Waals surface area contributed by atoms with Gasteiger partial charge in [0.15, 0.2) is 0 Å². The molecule has 4 heteroatoms. The molecule has 0 aliphatic heterocycles. The lowest BCUT2D eigenvalue weighted by Crippen LogP contribution is -2.36. The minimum absolute atomic E-state index is 0.280. The van der Waals surface area contributed by atoms with Crippen LogP contribution >= 0.6 is 0 Å². The minimum atomic E-state index is -0.990. The van der Waals surface area contributed by atoms with Gasteiger partial charge in [-0.15, -0.1) is 0 Å². The maximum Gasteiger partial charge on any atom is 0.407 e. The number of hydrogen-bond donors (Lipinski definition) is 2. The Balaban J connectivity index is 4.00. The van der Waals surface area contributed by atoms with Crippen LogP contribution in [0.15, 0.2) is 0 Å². The topological polar surface area (TPSA) is 64.4 Å². The summed E-state index contributed by atoms with van der Waals surface area (Å²) < 4.78 is 0. The van der Waals surface area contributed by atoms with Gasteiger partial charge < -0.3 is 15.4 Å². The van der Waals surface area contributed by atoms with Crippen molar-refractivity contribution in [1.29, 1.82) is 5.41 Å². The molecule has 0 aliphatic carbocycles. The highest BCUT2D eigenvalue weighted by atomic mass is 16.4. The van der Waals surface area contributed by atoms with E-state index in [-0.39, 0.29) is 6.04 Å². The van der Waals surface area contributed by atoms with Crippen molar-refractivity contribution in [2.75, 3.05) is 7.05 Å². The van der Waals surface area contributed by atoms with Crippen LogP contribution in [0, 0.1) is 5.41 Å². The lowest BCUT2D eigenvalue weighted by molar-refractivity contribution is 0.149. The number of amides is 1. The molecular formula is C6H12N2O2. The molecule has 0 saturated carbocycles. The summed E-state index contributed by atoms with van der Waals surface area (Å²) in [6.07, 6.45) is 0.788. The van der Waals surface area contributed by atoms with Crippen LogP contribution in [-0.2, 0) is 0 Å². The van der Waals surface area contributed by atoms with Gasteiger partial charge in [0.2, 0.25) is 0 Å². The second-order valence-electron chi connectivity index (χ2n) is 2.04. The van der Waals surface area contributed by atoms with Crippen molar-refractivity contribution in [2.45, 2.75) is 19.4 Å². The van der Waals surface area contributed by atoms with Gasteiger partial charge in [0.25, 0.3) is 0 Å². The molecule has 0 aromatic heterocycles. The van der Waals surface area contributed by atoms with Crippen molar-refractivity contribution in [3.63, 3.8) is 0 Å². The molecule has 0 spiro atoms. The van der Waals surface area contributed by atoms with Crippen molar-refractivity contribution < 1.29 is 9.90 Å². The van der Waals surface area contributed by atoms with Gasteiger partial charge in [-0.05, 0) is 6.42 Å². The summed E-state index contributed by atoms with van der Waals surface area (Å²) in [7, 11) is 1.46. The van der Waals surface area contributed by atoms with Crippen molar-refractivity contribution in [2.24, 2.45) is 0 Å². The van der Waals surface area contributed by atoms with Crippen molar-refractivity contribution >= 4 is 12.3 Å². The van der Waals surface area contributed by atoms with Crippen molar-refractivity contribution in [1.82, 2.24) is 4.90 Å². The Morgan fingerprint density at radius 1 is 1.90 bits per heavy atom. The Labute approximate surface area is 60.0 Å². The van der Waals surface area contributed by atoms with Crippen LogP contribution < -0.4 is 0 Å². The van der Waals surface area contributed by atoms with E-state index in [1.165, 1.54) is 7.05 Å². The summed E-state index contributed by atoms with van der Waals surface area (Å²) in [5.41, 5.74) is 0. The van der Waals surface area contributed by atoms with Crippen LogP contribution in [0.5, 0.6) is 0 Å². The van der Waals surface area contributed by atoms with Gasteiger partial charge in [0.05, 0.1) is 6.04 Å². The van der Waals surface area contributed by atoms with Gasteiger partial charge in [-0.1, -0.05) is 6.92 Å². The molecule has 0 aromatic rings. The zero-order valence-corrected chi connectivity index (χ0v) is 6.16. The lowest BCUT2D eigenvalue weighted by Gasteiger charge is -2.19. The van der Waals surface area contributed by atoms with Gasteiger partial charge in [-0.2, -0.15) is 0 Å². The molecule has 1 atom stereocenters. The molecule has 58 valence electrons. The lowest BCUT2D eigenvalue weighted by atomic mass is 10.2. The fourth-order valence-corrected chi connectivity index (χ4v) is 0.645. The zero-order valence-electron chi connectivity index (χ0n) is 6.16. The van der Waals surface area contributed by atoms with Crippen LogP contribution in [0.4, 0.5) is 4.79 Å². The fraction of sp³-hybridized carbons (Fsp3) is 0.667. The second-order valence-corrected chi connectivity index (χ2v) is 2.04. The number of nitrogens with zero attached hydrogens (tertiary/aromatic N) is 1. The molecular weight excluding hydrogens is 132 g/mol. The highest BCUT2D eigenvalue weighted by molar-refractivity contribution is 5.72. The van der Waals surface area contributed by atoms with E-state index in [0.717, 1.165) is 11.1 Å². The standard InChI is InChI=1S/C6H12N2O2/c1-3-5(4-7)8(2)6(9)10/h4-5,7H,3H2,1-2H3,(H,9,10)/t5-/m0/s1. The third kappa shape index (κ3) is 2.05. The molecule has 0 bridgehead atoms. The van der Waals surface area contributed by atoms with Gasteiger partial charge in [0.1, 0.15) is 0 Å². The Hall–Kier alpha value is -1.06. The largest absolute Gasteiger partial charge is 0.465 e. The molecule has 10 heavy (non-hydrogen) atoms.